The first kappa shape index (κ1) is 57.1. The van der Waals surface area contributed by atoms with E-state index in [1.807, 2.05) is 0 Å². The molecule has 4 rings (SSSR count). The number of hydrogen-bond donors (Lipinski definition) is 0. The molecule has 0 heterocycles. The van der Waals surface area contributed by atoms with Gasteiger partial charge in [-0.1, -0.05) is 134 Å². The van der Waals surface area contributed by atoms with E-state index in [0.29, 0.717) is 0 Å². The largest absolute Gasteiger partial charge is 4.00 e. The van der Waals surface area contributed by atoms with Gasteiger partial charge in [0, 0.05) is 26.7 Å². The first-order chi connectivity index (χ1) is 22.0. The minimum absolute atomic E-state index is 0. The van der Waals surface area contributed by atoms with Crippen molar-refractivity contribution >= 4 is 33.5 Å². The average Bonchev–Trinajstić information content (AvgIpc) is 2.92. The summed E-state index contributed by atoms with van der Waals surface area (Å²) < 4.78 is 0.859. The molecule has 270 valence electrons. The van der Waals surface area contributed by atoms with Gasteiger partial charge in [0.15, 0.2) is 11.6 Å². The summed E-state index contributed by atoms with van der Waals surface area (Å²) in [6.07, 6.45) is -2.08. The third kappa shape index (κ3) is 29.5. The normalized spacial score (nSPS) is 10.2. The molecule has 0 saturated carbocycles. The molecule has 0 aliphatic heterocycles. The Morgan fingerprint density at radius 1 is 0.540 bits per heavy atom. The Kier molecular flexibility index (Phi) is 36.0. The van der Waals surface area contributed by atoms with E-state index < -0.39 is 59.6 Å². The minimum Gasteiger partial charge on any atom is -0.873 e. The predicted molar refractivity (Wildman–Crippen MR) is 173 cm³/mol. The van der Waals surface area contributed by atoms with E-state index in [2.05, 4.69) is 15.9 Å². The summed E-state index contributed by atoms with van der Waals surface area (Å²) in [6, 6.07) is 14.8. The van der Waals surface area contributed by atoms with Crippen molar-refractivity contribution < 1.29 is 98.7 Å². The second-order valence-electron chi connectivity index (χ2n) is 11.1. The second-order valence-corrected chi connectivity index (χ2v) is 12.0. The maximum Gasteiger partial charge on any atom is 4.00 e. The standard InChI is InChI=1S/C14H8O4.C7H5BrO2.5C3H7O.2Ti/c15-10-6-5-9-11(14(10)18)13(17)8-4-2-1-3-7(8)12(9)16;8-6-3-1-5(2-4-6)7(9)10;5*1-3(2)4;;/h1-6,15,18H;1-4H,(H,9,10);5*3H,1-2H3;;/q;;5*-1;2*+4/p-3. The number of ketones is 2. The van der Waals surface area contributed by atoms with Crippen LogP contribution in [0.3, 0.4) is 0 Å². The quantitative estimate of drug-likeness (QED) is 0.235. The number of halogens is 1. The summed E-state index contributed by atoms with van der Waals surface area (Å²) in [5.74, 6) is -3.76. The number of aromatic carboxylic acids is 1. The van der Waals surface area contributed by atoms with Crippen LogP contribution in [0.15, 0.2) is 65.1 Å². The van der Waals surface area contributed by atoms with Gasteiger partial charge < -0.3 is 45.6 Å². The molecular formula is C36H45BrO11Ti2. The number of benzene rings is 3. The third-order valence-corrected chi connectivity index (χ3v) is 4.62. The van der Waals surface area contributed by atoms with Gasteiger partial charge >= 0.3 is 43.4 Å². The van der Waals surface area contributed by atoms with E-state index in [1.54, 1.807) is 93.5 Å². The van der Waals surface area contributed by atoms with Crippen LogP contribution in [0.25, 0.3) is 0 Å². The summed E-state index contributed by atoms with van der Waals surface area (Å²) in [4.78, 5) is 34.4. The van der Waals surface area contributed by atoms with E-state index in [1.165, 1.54) is 30.3 Å². The Balaban J connectivity index is -0.000000180. The van der Waals surface area contributed by atoms with Gasteiger partial charge in [-0.05, 0) is 17.7 Å². The Morgan fingerprint density at radius 3 is 1.18 bits per heavy atom. The van der Waals surface area contributed by atoms with Crippen molar-refractivity contribution in [2.45, 2.75) is 99.8 Å². The second kappa shape index (κ2) is 31.5. The molecule has 0 unspecified atom stereocenters. The van der Waals surface area contributed by atoms with Crippen LogP contribution >= 0.6 is 15.9 Å². The molecule has 11 nitrogen and oxygen atoms in total. The zero-order valence-corrected chi connectivity index (χ0v) is 34.7. The molecule has 0 spiro atoms. The van der Waals surface area contributed by atoms with E-state index in [0.717, 1.165) is 10.5 Å². The van der Waals surface area contributed by atoms with Gasteiger partial charge in [-0.2, -0.15) is 0 Å². The number of carbonyl (C=O) groups is 3. The predicted octanol–water partition coefficient (Wildman–Crippen LogP) is 0.192. The van der Waals surface area contributed by atoms with Crippen LogP contribution in [0.4, 0.5) is 0 Å². The third-order valence-electron chi connectivity index (χ3n) is 4.09. The van der Waals surface area contributed by atoms with Gasteiger partial charge in [0.05, 0.1) is 5.97 Å². The fourth-order valence-corrected chi connectivity index (χ4v) is 2.99. The number of hydrogen-bond acceptors (Lipinski definition) is 11. The van der Waals surface area contributed by atoms with E-state index >= 15 is 0 Å². The van der Waals surface area contributed by atoms with Gasteiger partial charge in [0.1, 0.15) is 0 Å². The molecule has 3 aromatic carbocycles. The Morgan fingerprint density at radius 2 is 0.860 bits per heavy atom. The van der Waals surface area contributed by atoms with Crippen LogP contribution in [-0.4, -0.2) is 48.1 Å². The summed E-state index contributed by atoms with van der Waals surface area (Å²) in [5.41, 5.74) is 0.364. The molecule has 1 aliphatic rings. The van der Waals surface area contributed by atoms with Crippen LogP contribution in [0.1, 0.15) is 111 Å². The molecule has 0 aromatic heterocycles. The van der Waals surface area contributed by atoms with Crippen molar-refractivity contribution in [3.8, 4) is 11.5 Å². The molecular weight excluding hydrogens is 784 g/mol. The number of rotatable bonds is 1. The molecule has 0 amide bonds. The summed E-state index contributed by atoms with van der Waals surface area (Å²) in [6.45, 7) is 16.1. The molecule has 0 saturated heterocycles. The van der Waals surface area contributed by atoms with Gasteiger partial charge in [-0.25, -0.2) is 0 Å². The molecule has 0 bridgehead atoms. The number of carboxylic acid groups (broad SMARTS) is 1. The van der Waals surface area contributed by atoms with Crippen LogP contribution in [0.2, 0.25) is 0 Å². The Bertz CT molecular complexity index is 1310. The first-order valence-electron chi connectivity index (χ1n) is 14.9. The average molecular weight is 829 g/mol. The number of fused-ring (bicyclic) bond motifs is 2. The van der Waals surface area contributed by atoms with Gasteiger partial charge in [-0.3, -0.25) is 9.59 Å². The maximum absolute atomic E-state index is 12.1. The van der Waals surface area contributed by atoms with Crippen molar-refractivity contribution in [3.63, 3.8) is 0 Å². The van der Waals surface area contributed by atoms with Gasteiger partial charge in [-0.15, -0.1) is 42.0 Å². The molecule has 0 N–H and O–H groups in total. The van der Waals surface area contributed by atoms with Crippen molar-refractivity contribution in [3.05, 3.63) is 93.0 Å². The van der Waals surface area contributed by atoms with E-state index in [-0.39, 0.29) is 71.3 Å². The van der Waals surface area contributed by atoms with Crippen LogP contribution in [-0.2, 0) is 43.4 Å². The topological polar surface area (TPSA) is 236 Å². The monoisotopic (exact) mass is 828 g/mol. The molecule has 0 radical (unpaired) electrons. The molecule has 3 aromatic rings. The molecule has 0 fully saturated rings. The maximum atomic E-state index is 12.1. The molecule has 14 heteroatoms. The smallest absolute Gasteiger partial charge is 0.873 e. The fourth-order valence-electron chi connectivity index (χ4n) is 2.72. The zero-order chi connectivity index (χ0) is 38.3. The first-order valence-corrected chi connectivity index (χ1v) is 15.7. The SMILES string of the molecule is CC(C)[O-].CC(C)[O-].CC(C)[O-].CC(C)[O-].CC(C)[O-].O=C([O-])c1ccc(Br)cc1.O=C1c2ccccc2C(=O)c2c1ccc([O-])c2[O-].[Ti+4].[Ti+4]. The molecule has 50 heavy (non-hydrogen) atoms. The minimum atomic E-state index is -1.15. The fraction of sp³-hybridized carbons (Fsp3) is 0.417. The Hall–Kier alpha value is -2.22. The van der Waals surface area contributed by atoms with Gasteiger partial charge in [0.25, 0.3) is 0 Å². The van der Waals surface area contributed by atoms with Crippen LogP contribution in [0.5, 0.6) is 11.5 Å². The molecule has 0 atom stereocenters. The van der Waals surface area contributed by atoms with Crippen molar-refractivity contribution in [1.29, 1.82) is 0 Å². The van der Waals surface area contributed by atoms with Gasteiger partial charge in [0.2, 0.25) is 0 Å². The molecule has 1 aliphatic carbocycles. The van der Waals surface area contributed by atoms with Crippen LogP contribution < -0.4 is 40.9 Å². The summed E-state index contributed by atoms with van der Waals surface area (Å²) in [5, 5.41) is 80.8. The Labute approximate surface area is 334 Å². The van der Waals surface area contributed by atoms with Crippen molar-refractivity contribution in [1.82, 2.24) is 0 Å². The zero-order valence-electron chi connectivity index (χ0n) is 30.0. The van der Waals surface area contributed by atoms with Crippen molar-refractivity contribution in [2.75, 3.05) is 0 Å². The number of carboxylic acids is 1. The van der Waals surface area contributed by atoms with Crippen molar-refractivity contribution in [2.24, 2.45) is 0 Å². The summed E-state index contributed by atoms with van der Waals surface area (Å²) in [7, 11) is 0. The van der Waals surface area contributed by atoms with E-state index in [4.69, 9.17) is 0 Å². The van der Waals surface area contributed by atoms with Crippen LogP contribution in [0, 0.1) is 0 Å². The summed E-state index contributed by atoms with van der Waals surface area (Å²) >= 11 is 3.18. The number of carbonyl (C=O) groups excluding carboxylic acids is 3. The van der Waals surface area contributed by atoms with E-state index in [9.17, 15) is 55.2 Å².